The Bertz CT molecular complexity index is 2590. The highest BCUT2D eigenvalue weighted by molar-refractivity contribution is 6.15. The molecule has 0 unspecified atom stereocenters. The maximum atomic E-state index is 5.35. The third-order valence-corrected chi connectivity index (χ3v) is 9.29. The second-order valence-corrected chi connectivity index (χ2v) is 12.3. The molecule has 0 fully saturated rings. The van der Waals surface area contributed by atoms with Gasteiger partial charge in [-0.25, -0.2) is 4.98 Å². The highest BCUT2D eigenvalue weighted by atomic mass is 14.8. The van der Waals surface area contributed by atoms with Gasteiger partial charge in [-0.3, -0.25) is 4.98 Å². The molecule has 0 saturated heterocycles. The van der Waals surface area contributed by atoms with Crippen LogP contribution in [0, 0.1) is 0 Å². The number of fused-ring (bicyclic) bond motifs is 3. The molecule has 0 aliphatic carbocycles. The summed E-state index contributed by atoms with van der Waals surface area (Å²) < 4.78 is 0. The number of hydrogen-bond donors (Lipinski definition) is 1. The van der Waals surface area contributed by atoms with E-state index in [0.29, 0.717) is 0 Å². The van der Waals surface area contributed by atoms with Gasteiger partial charge >= 0.3 is 0 Å². The van der Waals surface area contributed by atoms with Gasteiger partial charge in [-0.05, 0) is 63.7 Å². The van der Waals surface area contributed by atoms with Crippen LogP contribution in [0.4, 0.5) is 0 Å². The van der Waals surface area contributed by atoms with Crippen molar-refractivity contribution in [1.29, 1.82) is 0 Å². The lowest BCUT2D eigenvalue weighted by Gasteiger charge is -2.12. The van der Waals surface area contributed by atoms with E-state index in [9.17, 15) is 0 Å². The summed E-state index contributed by atoms with van der Waals surface area (Å²) in [7, 11) is 0. The van der Waals surface area contributed by atoms with Crippen molar-refractivity contribution >= 4 is 21.8 Å². The monoisotopic (exact) mass is 625 g/mol. The van der Waals surface area contributed by atoms with Crippen LogP contribution in [0.25, 0.3) is 89.0 Å². The molecular weight excluding hydrogens is 595 g/mol. The van der Waals surface area contributed by atoms with E-state index < -0.39 is 0 Å². The third kappa shape index (κ3) is 5.38. The van der Waals surface area contributed by atoms with Gasteiger partial charge in [0.2, 0.25) is 0 Å². The first kappa shape index (κ1) is 28.6. The maximum Gasteiger partial charge on any atom is 0.0736 e. The lowest BCUT2D eigenvalue weighted by atomic mass is 9.97. The molecule has 230 valence electrons. The number of para-hydroxylation sites is 2. The van der Waals surface area contributed by atoms with Crippen molar-refractivity contribution in [3.63, 3.8) is 0 Å². The zero-order valence-electron chi connectivity index (χ0n) is 26.7. The van der Waals surface area contributed by atoms with Crippen LogP contribution in [0.3, 0.4) is 0 Å². The number of H-pyrrole nitrogens is 1. The SMILES string of the molecule is c1ccc(-c2cccc(-c3cc(-c4ccccc4)cc(-c4cccc5c4[nH]c4c(-c6cc(-c7ccccc7)ccn6)cccc45)n3)c2)cc1. The van der Waals surface area contributed by atoms with Crippen LogP contribution in [0.1, 0.15) is 0 Å². The van der Waals surface area contributed by atoms with Gasteiger partial charge in [0.1, 0.15) is 0 Å². The average Bonchev–Trinajstić information content (AvgIpc) is 3.58. The minimum Gasteiger partial charge on any atom is -0.353 e. The number of rotatable bonds is 6. The Morgan fingerprint density at radius 3 is 1.43 bits per heavy atom. The second-order valence-electron chi connectivity index (χ2n) is 12.3. The molecule has 1 N–H and O–H groups in total. The molecule has 9 rings (SSSR count). The first-order valence-electron chi connectivity index (χ1n) is 16.6. The summed E-state index contributed by atoms with van der Waals surface area (Å²) >= 11 is 0. The van der Waals surface area contributed by atoms with E-state index in [2.05, 4.69) is 175 Å². The average molecular weight is 626 g/mol. The molecule has 0 aliphatic rings. The van der Waals surface area contributed by atoms with Crippen molar-refractivity contribution in [2.75, 3.05) is 0 Å². The fourth-order valence-corrected chi connectivity index (χ4v) is 6.87. The van der Waals surface area contributed by atoms with Crippen LogP contribution in [0.5, 0.6) is 0 Å². The summed E-state index contributed by atoms with van der Waals surface area (Å²) in [4.78, 5) is 14.0. The van der Waals surface area contributed by atoms with E-state index in [1.54, 1.807) is 0 Å². The minimum absolute atomic E-state index is 0.921. The van der Waals surface area contributed by atoms with Gasteiger partial charge in [0.25, 0.3) is 0 Å². The van der Waals surface area contributed by atoms with Crippen LogP contribution >= 0.6 is 0 Å². The Balaban J connectivity index is 1.22. The zero-order valence-corrected chi connectivity index (χ0v) is 26.7. The van der Waals surface area contributed by atoms with E-state index >= 15 is 0 Å². The molecule has 3 aromatic heterocycles. The van der Waals surface area contributed by atoms with Gasteiger partial charge < -0.3 is 4.98 Å². The Morgan fingerprint density at radius 1 is 0.327 bits per heavy atom. The van der Waals surface area contributed by atoms with E-state index in [0.717, 1.165) is 72.3 Å². The van der Waals surface area contributed by atoms with Crippen LogP contribution in [-0.4, -0.2) is 15.0 Å². The van der Waals surface area contributed by atoms with Crippen LogP contribution in [-0.2, 0) is 0 Å². The third-order valence-electron chi connectivity index (χ3n) is 9.29. The number of pyridine rings is 2. The van der Waals surface area contributed by atoms with Gasteiger partial charge in [0.15, 0.2) is 0 Å². The second kappa shape index (κ2) is 12.2. The van der Waals surface area contributed by atoms with Crippen molar-refractivity contribution in [3.8, 4) is 67.2 Å². The van der Waals surface area contributed by atoms with Crippen molar-refractivity contribution < 1.29 is 0 Å². The quantitative estimate of drug-likeness (QED) is 0.200. The molecule has 3 nitrogen and oxygen atoms in total. The number of nitrogens with zero attached hydrogens (tertiary/aromatic N) is 2. The molecule has 0 saturated carbocycles. The van der Waals surface area contributed by atoms with Gasteiger partial charge in [-0.2, -0.15) is 0 Å². The topological polar surface area (TPSA) is 41.6 Å². The first-order valence-corrected chi connectivity index (χ1v) is 16.6. The molecule has 49 heavy (non-hydrogen) atoms. The van der Waals surface area contributed by atoms with Crippen molar-refractivity contribution in [1.82, 2.24) is 15.0 Å². The predicted molar refractivity (Wildman–Crippen MR) is 204 cm³/mol. The van der Waals surface area contributed by atoms with Crippen molar-refractivity contribution in [2.45, 2.75) is 0 Å². The lowest BCUT2D eigenvalue weighted by Crippen LogP contribution is -1.92. The molecule has 0 amide bonds. The molecule has 3 heteroatoms. The molecule has 0 radical (unpaired) electrons. The summed E-state index contributed by atoms with van der Waals surface area (Å²) in [6.45, 7) is 0. The standard InChI is InChI=1S/C46H31N3/c1-4-13-31(14-5-1)34-19-10-20-36(27-34)42-29-37(33-17-8-3-9-18-33)30-44(48-42)41-24-12-22-39-38-21-11-23-40(45(38)49-46(39)41)43-28-35(25-26-47-43)32-15-6-2-7-16-32/h1-30,49H. The molecular formula is C46H31N3. The Kier molecular flexibility index (Phi) is 7.14. The van der Waals surface area contributed by atoms with Crippen molar-refractivity contribution in [2.24, 2.45) is 0 Å². The maximum absolute atomic E-state index is 5.35. The number of aromatic amines is 1. The highest BCUT2D eigenvalue weighted by Gasteiger charge is 2.17. The van der Waals surface area contributed by atoms with Crippen molar-refractivity contribution in [3.05, 3.63) is 182 Å². The van der Waals surface area contributed by atoms with E-state index in [-0.39, 0.29) is 0 Å². The molecule has 3 heterocycles. The fraction of sp³-hybridized carbons (Fsp3) is 0. The van der Waals surface area contributed by atoms with Crippen LogP contribution in [0.2, 0.25) is 0 Å². The molecule has 0 aliphatic heterocycles. The molecule has 0 spiro atoms. The van der Waals surface area contributed by atoms with E-state index in [1.165, 1.54) is 16.7 Å². The summed E-state index contributed by atoms with van der Waals surface area (Å²) in [5.74, 6) is 0. The zero-order chi connectivity index (χ0) is 32.6. The number of aromatic nitrogens is 3. The molecule has 0 atom stereocenters. The number of nitrogens with one attached hydrogen (secondary N) is 1. The normalized spacial score (nSPS) is 11.3. The predicted octanol–water partition coefficient (Wildman–Crippen LogP) is 12.1. The summed E-state index contributed by atoms with van der Waals surface area (Å²) in [6.07, 6.45) is 1.90. The van der Waals surface area contributed by atoms with E-state index in [1.807, 2.05) is 12.3 Å². The number of hydrogen-bond acceptors (Lipinski definition) is 2. The van der Waals surface area contributed by atoms with Gasteiger partial charge in [0.05, 0.1) is 28.1 Å². The Morgan fingerprint density at radius 2 is 0.796 bits per heavy atom. The van der Waals surface area contributed by atoms with Crippen LogP contribution in [0.15, 0.2) is 182 Å². The fourth-order valence-electron chi connectivity index (χ4n) is 6.87. The smallest absolute Gasteiger partial charge is 0.0736 e. The summed E-state index contributed by atoms with van der Waals surface area (Å²) in [5.41, 5.74) is 15.1. The number of benzene rings is 6. The summed E-state index contributed by atoms with van der Waals surface area (Å²) in [6, 6.07) is 61.8. The van der Waals surface area contributed by atoms with Gasteiger partial charge in [-0.15, -0.1) is 0 Å². The van der Waals surface area contributed by atoms with Gasteiger partial charge in [0, 0.05) is 33.7 Å². The molecule has 6 aromatic carbocycles. The minimum atomic E-state index is 0.921. The Labute approximate surface area is 285 Å². The van der Waals surface area contributed by atoms with Gasteiger partial charge in [-0.1, -0.05) is 146 Å². The lowest BCUT2D eigenvalue weighted by molar-refractivity contribution is 1.32. The van der Waals surface area contributed by atoms with E-state index in [4.69, 9.17) is 9.97 Å². The summed E-state index contributed by atoms with van der Waals surface area (Å²) in [5, 5.41) is 2.32. The molecule has 0 bridgehead atoms. The first-order chi connectivity index (χ1) is 24.3. The largest absolute Gasteiger partial charge is 0.353 e. The Hall–Kier alpha value is -6.58. The highest BCUT2D eigenvalue weighted by Crippen LogP contribution is 2.39. The molecule has 9 aromatic rings. The van der Waals surface area contributed by atoms with Crippen LogP contribution < -0.4 is 0 Å².